The van der Waals surface area contributed by atoms with Crippen molar-refractivity contribution in [2.45, 2.75) is 39.7 Å². The van der Waals surface area contributed by atoms with E-state index in [9.17, 15) is 14.0 Å². The van der Waals surface area contributed by atoms with Crippen LogP contribution in [0.15, 0.2) is 22.7 Å². The van der Waals surface area contributed by atoms with Crippen molar-refractivity contribution in [3.8, 4) is 5.75 Å². The second-order valence-electron chi connectivity index (χ2n) is 6.97. The Labute approximate surface area is 162 Å². The van der Waals surface area contributed by atoms with Crippen LogP contribution < -0.4 is 4.74 Å². The number of nitrogens with zero attached hydrogens (tertiary/aromatic N) is 2. The molecule has 0 spiro atoms. The summed E-state index contributed by atoms with van der Waals surface area (Å²) < 4.78 is 19.3. The Morgan fingerprint density at radius 3 is 2.35 bits per heavy atom. The quantitative estimate of drug-likeness (QED) is 0.696. The van der Waals surface area contributed by atoms with Crippen LogP contribution in [-0.4, -0.2) is 53.9 Å². The lowest BCUT2D eigenvalue weighted by atomic mass is 10.1. The Morgan fingerprint density at radius 1 is 1.15 bits per heavy atom. The third kappa shape index (κ3) is 5.69. The van der Waals surface area contributed by atoms with Crippen LogP contribution in [0.1, 0.15) is 33.6 Å². The monoisotopic (exact) mass is 428 g/mol. The molecule has 1 aromatic carbocycles. The zero-order chi connectivity index (χ0) is 19.3. The number of rotatable bonds is 6. The largest absolute Gasteiger partial charge is 0.480 e. The fourth-order valence-corrected chi connectivity index (χ4v) is 3.26. The number of piperazine rings is 1. The van der Waals surface area contributed by atoms with E-state index in [2.05, 4.69) is 29.8 Å². The van der Waals surface area contributed by atoms with Gasteiger partial charge in [-0.25, -0.2) is 4.39 Å². The molecule has 1 heterocycles. The standard InChI is InChI=1S/C19H26BrFN2O3/c1-13(2)4-7-18(24)22-8-10-23(11-9-22)19(25)14(3)26-17-6-5-15(21)12-16(17)20/h5-6,12-14H,4,7-11H2,1-3H3. The maximum absolute atomic E-state index is 13.1. The van der Waals surface area contributed by atoms with E-state index in [1.54, 1.807) is 11.8 Å². The molecule has 0 saturated carbocycles. The van der Waals surface area contributed by atoms with Crippen LogP contribution in [0.4, 0.5) is 4.39 Å². The molecule has 1 saturated heterocycles. The lowest BCUT2D eigenvalue weighted by molar-refractivity contribution is -0.143. The minimum absolute atomic E-state index is 0.129. The highest BCUT2D eigenvalue weighted by Crippen LogP contribution is 2.26. The third-order valence-corrected chi connectivity index (χ3v) is 5.04. The first kappa shape index (κ1) is 20.7. The average Bonchev–Trinajstić information content (AvgIpc) is 2.61. The highest BCUT2D eigenvalue weighted by molar-refractivity contribution is 9.10. The SMILES string of the molecule is CC(C)CCC(=O)N1CCN(C(=O)C(C)Oc2ccc(F)cc2Br)CC1. The second-order valence-corrected chi connectivity index (χ2v) is 7.83. The number of benzene rings is 1. The number of hydrogen-bond donors (Lipinski definition) is 0. The van der Waals surface area contributed by atoms with Crippen molar-refractivity contribution in [2.24, 2.45) is 5.92 Å². The van der Waals surface area contributed by atoms with Gasteiger partial charge in [-0.1, -0.05) is 13.8 Å². The van der Waals surface area contributed by atoms with Crippen molar-refractivity contribution in [2.75, 3.05) is 26.2 Å². The predicted molar refractivity (Wildman–Crippen MR) is 101 cm³/mol. The molecule has 144 valence electrons. The van der Waals surface area contributed by atoms with E-state index in [4.69, 9.17) is 4.74 Å². The molecule has 1 aromatic rings. The smallest absolute Gasteiger partial charge is 0.263 e. The van der Waals surface area contributed by atoms with Crippen LogP contribution in [0.3, 0.4) is 0 Å². The van der Waals surface area contributed by atoms with Crippen LogP contribution in [0, 0.1) is 11.7 Å². The van der Waals surface area contributed by atoms with Gasteiger partial charge in [-0.05, 0) is 53.4 Å². The molecule has 0 N–H and O–H groups in total. The van der Waals surface area contributed by atoms with Crippen molar-refractivity contribution in [3.63, 3.8) is 0 Å². The Hall–Kier alpha value is -1.63. The molecule has 0 aromatic heterocycles. The topological polar surface area (TPSA) is 49.9 Å². The van der Waals surface area contributed by atoms with Crippen molar-refractivity contribution < 1.29 is 18.7 Å². The van der Waals surface area contributed by atoms with Crippen molar-refractivity contribution in [1.82, 2.24) is 9.80 Å². The fourth-order valence-electron chi connectivity index (χ4n) is 2.82. The summed E-state index contributed by atoms with van der Waals surface area (Å²) >= 11 is 3.24. The molecule has 5 nitrogen and oxygen atoms in total. The normalized spacial score (nSPS) is 15.9. The Bertz CT molecular complexity index is 646. The van der Waals surface area contributed by atoms with Crippen molar-refractivity contribution >= 4 is 27.7 Å². The third-order valence-electron chi connectivity index (χ3n) is 4.43. The van der Waals surface area contributed by atoms with Gasteiger partial charge in [0.15, 0.2) is 6.10 Å². The average molecular weight is 429 g/mol. The minimum atomic E-state index is -0.681. The lowest BCUT2D eigenvalue weighted by Gasteiger charge is -2.36. The summed E-state index contributed by atoms with van der Waals surface area (Å²) in [6, 6.07) is 4.08. The summed E-state index contributed by atoms with van der Waals surface area (Å²) in [5.41, 5.74) is 0. The van der Waals surface area contributed by atoms with Gasteiger partial charge in [0.25, 0.3) is 5.91 Å². The molecule has 1 aliphatic rings. The summed E-state index contributed by atoms with van der Waals surface area (Å²) in [4.78, 5) is 28.3. The molecule has 1 aliphatic heterocycles. The van der Waals surface area contributed by atoms with Crippen molar-refractivity contribution in [3.05, 3.63) is 28.5 Å². The van der Waals surface area contributed by atoms with E-state index >= 15 is 0 Å². The van der Waals surface area contributed by atoms with Gasteiger partial charge in [-0.3, -0.25) is 9.59 Å². The zero-order valence-electron chi connectivity index (χ0n) is 15.5. The molecule has 0 bridgehead atoms. The van der Waals surface area contributed by atoms with Gasteiger partial charge in [0, 0.05) is 32.6 Å². The molecule has 26 heavy (non-hydrogen) atoms. The minimum Gasteiger partial charge on any atom is -0.480 e. The number of halogens is 2. The van der Waals surface area contributed by atoms with Crippen LogP contribution in [0.5, 0.6) is 5.75 Å². The first-order valence-corrected chi connectivity index (χ1v) is 9.75. The predicted octanol–water partition coefficient (Wildman–Crippen LogP) is 3.46. The summed E-state index contributed by atoms with van der Waals surface area (Å²) in [6.45, 7) is 7.99. The number of carbonyl (C=O) groups excluding carboxylic acids is 2. The summed E-state index contributed by atoms with van der Waals surface area (Å²) in [7, 11) is 0. The van der Waals surface area contributed by atoms with Gasteiger partial charge in [0.2, 0.25) is 5.91 Å². The van der Waals surface area contributed by atoms with Crippen LogP contribution in [0.2, 0.25) is 0 Å². The maximum atomic E-state index is 13.1. The molecule has 7 heteroatoms. The maximum Gasteiger partial charge on any atom is 0.263 e. The highest BCUT2D eigenvalue weighted by Gasteiger charge is 2.28. The fraction of sp³-hybridized carbons (Fsp3) is 0.579. The molecule has 0 radical (unpaired) electrons. The van der Waals surface area contributed by atoms with Crippen LogP contribution >= 0.6 is 15.9 Å². The molecular weight excluding hydrogens is 403 g/mol. The molecule has 1 fully saturated rings. The first-order valence-electron chi connectivity index (χ1n) is 8.96. The Morgan fingerprint density at radius 2 is 1.77 bits per heavy atom. The van der Waals surface area contributed by atoms with E-state index in [0.717, 1.165) is 6.42 Å². The molecule has 2 rings (SSSR count). The molecule has 2 amide bonds. The molecule has 0 aliphatic carbocycles. The van der Waals surface area contributed by atoms with Gasteiger partial charge in [-0.2, -0.15) is 0 Å². The van der Waals surface area contributed by atoms with Gasteiger partial charge in [-0.15, -0.1) is 0 Å². The van der Waals surface area contributed by atoms with Gasteiger partial charge >= 0.3 is 0 Å². The zero-order valence-corrected chi connectivity index (χ0v) is 17.1. The number of hydrogen-bond acceptors (Lipinski definition) is 3. The Balaban J connectivity index is 1.84. The highest BCUT2D eigenvalue weighted by atomic mass is 79.9. The van der Waals surface area contributed by atoms with Gasteiger partial charge in [0.05, 0.1) is 4.47 Å². The van der Waals surface area contributed by atoms with Crippen LogP contribution in [-0.2, 0) is 9.59 Å². The van der Waals surface area contributed by atoms with Gasteiger partial charge in [0.1, 0.15) is 11.6 Å². The molecule has 1 atom stereocenters. The number of amides is 2. The van der Waals surface area contributed by atoms with E-state index < -0.39 is 6.10 Å². The van der Waals surface area contributed by atoms with E-state index in [-0.39, 0.29) is 17.6 Å². The van der Waals surface area contributed by atoms with Gasteiger partial charge < -0.3 is 14.5 Å². The summed E-state index contributed by atoms with van der Waals surface area (Å²) in [5, 5.41) is 0. The van der Waals surface area contributed by atoms with E-state index in [1.165, 1.54) is 18.2 Å². The van der Waals surface area contributed by atoms with Crippen LogP contribution in [0.25, 0.3) is 0 Å². The molecule has 1 unspecified atom stereocenters. The lowest BCUT2D eigenvalue weighted by Crippen LogP contribution is -2.53. The number of ether oxygens (including phenoxy) is 1. The first-order chi connectivity index (χ1) is 12.3. The van der Waals surface area contributed by atoms with E-state index in [1.807, 2.05) is 4.90 Å². The summed E-state index contributed by atoms with van der Waals surface area (Å²) in [5.74, 6) is 0.586. The summed E-state index contributed by atoms with van der Waals surface area (Å²) in [6.07, 6.45) is 0.763. The number of carbonyl (C=O) groups is 2. The second kappa shape index (κ2) is 9.35. The molecular formula is C19H26BrFN2O3. The van der Waals surface area contributed by atoms with E-state index in [0.29, 0.717) is 48.7 Å². The van der Waals surface area contributed by atoms with Crippen molar-refractivity contribution in [1.29, 1.82) is 0 Å². The Kier molecular flexibility index (Phi) is 7.43.